The van der Waals surface area contributed by atoms with Crippen LogP contribution in [-0.4, -0.2) is 38.3 Å². The molecule has 0 saturated heterocycles. The van der Waals surface area contributed by atoms with E-state index in [4.69, 9.17) is 4.74 Å². The highest BCUT2D eigenvalue weighted by Gasteiger charge is 2.21. The van der Waals surface area contributed by atoms with Gasteiger partial charge in [-0.3, -0.25) is 4.90 Å². The Morgan fingerprint density at radius 2 is 2.25 bits per heavy atom. The number of nitrogens with zero attached hydrogens (tertiary/aromatic N) is 1. The van der Waals surface area contributed by atoms with E-state index in [9.17, 15) is 0 Å². The molecule has 1 aromatic carbocycles. The molecule has 0 aromatic heterocycles. The number of benzene rings is 1. The first kappa shape index (κ1) is 13.9. The smallest absolute Gasteiger partial charge is 0.0593 e. The van der Waals surface area contributed by atoms with Gasteiger partial charge in [-0.05, 0) is 55.8 Å². The second-order valence-corrected chi connectivity index (χ2v) is 6.23. The maximum Gasteiger partial charge on any atom is 0.0593 e. The van der Waals surface area contributed by atoms with Crippen LogP contribution in [0.15, 0.2) is 18.2 Å². The number of hydrogen-bond acceptors (Lipinski definition) is 3. The lowest BCUT2D eigenvalue weighted by Gasteiger charge is -2.24. The van der Waals surface area contributed by atoms with Crippen LogP contribution in [0, 0.1) is 5.92 Å². The molecule has 3 heteroatoms. The lowest BCUT2D eigenvalue weighted by atomic mass is 9.97. The van der Waals surface area contributed by atoms with Crippen LogP contribution >= 0.6 is 0 Å². The fourth-order valence-electron chi connectivity index (χ4n) is 2.86. The molecule has 1 aliphatic heterocycles. The van der Waals surface area contributed by atoms with Crippen LogP contribution < -0.4 is 5.32 Å². The molecule has 1 saturated carbocycles. The molecule has 1 N–H and O–H groups in total. The van der Waals surface area contributed by atoms with Crippen molar-refractivity contribution in [3.8, 4) is 0 Å². The third kappa shape index (κ3) is 3.74. The van der Waals surface area contributed by atoms with Crippen molar-refractivity contribution in [3.05, 3.63) is 29.3 Å². The van der Waals surface area contributed by atoms with E-state index in [1.165, 1.54) is 42.5 Å². The lowest BCUT2D eigenvalue weighted by Crippen LogP contribution is -2.24. The third-order valence-corrected chi connectivity index (χ3v) is 4.30. The Morgan fingerprint density at radius 1 is 1.35 bits per heavy atom. The molecule has 1 aliphatic carbocycles. The number of fused-ring (bicyclic) bond motifs is 1. The fraction of sp³-hybridized carbons (Fsp3) is 0.647. The molecule has 0 atom stereocenters. The summed E-state index contributed by atoms with van der Waals surface area (Å²) in [7, 11) is 2.19. The zero-order chi connectivity index (χ0) is 13.8. The molecule has 3 nitrogen and oxygen atoms in total. The van der Waals surface area contributed by atoms with Gasteiger partial charge in [0.1, 0.15) is 0 Å². The summed E-state index contributed by atoms with van der Waals surface area (Å²) in [5.41, 5.74) is 4.33. The van der Waals surface area contributed by atoms with Crippen LogP contribution in [0.1, 0.15) is 30.4 Å². The van der Waals surface area contributed by atoms with Gasteiger partial charge in [0.25, 0.3) is 0 Å². The molecular formula is C17H26N2O. The Kier molecular flexibility index (Phi) is 4.58. The fourth-order valence-corrected chi connectivity index (χ4v) is 2.86. The van der Waals surface area contributed by atoms with Gasteiger partial charge in [-0.15, -0.1) is 0 Å². The van der Waals surface area contributed by atoms with Gasteiger partial charge in [0.2, 0.25) is 0 Å². The maximum atomic E-state index is 5.72. The van der Waals surface area contributed by atoms with E-state index in [0.717, 1.165) is 38.8 Å². The van der Waals surface area contributed by atoms with Crippen molar-refractivity contribution < 1.29 is 4.74 Å². The number of nitrogens with one attached hydrogen (secondary N) is 1. The molecule has 1 fully saturated rings. The third-order valence-electron chi connectivity index (χ3n) is 4.30. The molecule has 3 rings (SSSR count). The van der Waals surface area contributed by atoms with Gasteiger partial charge in [-0.25, -0.2) is 0 Å². The van der Waals surface area contributed by atoms with Gasteiger partial charge < -0.3 is 10.1 Å². The Hall–Kier alpha value is -1.06. The standard InChI is InChI=1S/C17H26N2O/c1-19(10-11-20-13-14-7-8-14)12-15-4-2-6-17-16(15)5-3-9-18-17/h2,4,6,14,18H,3,5,7-13H2,1H3. The van der Waals surface area contributed by atoms with Crippen molar-refractivity contribution in [1.29, 1.82) is 0 Å². The normalized spacial score (nSPS) is 17.9. The summed E-state index contributed by atoms with van der Waals surface area (Å²) in [5, 5.41) is 3.50. The van der Waals surface area contributed by atoms with Crippen LogP contribution in [-0.2, 0) is 17.7 Å². The Morgan fingerprint density at radius 3 is 3.10 bits per heavy atom. The topological polar surface area (TPSA) is 24.5 Å². The van der Waals surface area contributed by atoms with E-state index in [2.05, 4.69) is 35.5 Å². The summed E-state index contributed by atoms with van der Waals surface area (Å²) in [6.07, 6.45) is 5.21. The number of anilines is 1. The van der Waals surface area contributed by atoms with E-state index in [-0.39, 0.29) is 0 Å². The summed E-state index contributed by atoms with van der Waals surface area (Å²) in [5.74, 6) is 0.868. The Bertz CT molecular complexity index is 443. The van der Waals surface area contributed by atoms with Crippen molar-refractivity contribution in [2.24, 2.45) is 5.92 Å². The predicted molar refractivity (Wildman–Crippen MR) is 83.1 cm³/mol. The monoisotopic (exact) mass is 274 g/mol. The predicted octanol–water partition coefficient (Wildman–Crippen LogP) is 2.90. The van der Waals surface area contributed by atoms with Crippen LogP contribution in [0.3, 0.4) is 0 Å². The van der Waals surface area contributed by atoms with E-state index in [1.807, 2.05) is 0 Å². The average Bonchev–Trinajstić information content (AvgIpc) is 3.28. The van der Waals surface area contributed by atoms with Gasteiger partial charge >= 0.3 is 0 Å². The van der Waals surface area contributed by atoms with Crippen LogP contribution in [0.2, 0.25) is 0 Å². The quantitative estimate of drug-likeness (QED) is 0.774. The minimum atomic E-state index is 0.861. The molecule has 20 heavy (non-hydrogen) atoms. The molecule has 2 aliphatic rings. The van der Waals surface area contributed by atoms with Crippen molar-refractivity contribution in [1.82, 2.24) is 4.90 Å². The molecule has 0 bridgehead atoms. The lowest BCUT2D eigenvalue weighted by molar-refractivity contribution is 0.102. The SMILES string of the molecule is CN(CCOCC1CC1)Cc1cccc2c1CCCN2. The summed E-state index contributed by atoms with van der Waals surface area (Å²) in [6.45, 7) is 4.99. The summed E-state index contributed by atoms with van der Waals surface area (Å²) in [4.78, 5) is 2.37. The highest BCUT2D eigenvalue weighted by Crippen LogP contribution is 2.28. The first-order valence-electron chi connectivity index (χ1n) is 7.94. The largest absolute Gasteiger partial charge is 0.385 e. The Labute approximate surface area is 122 Å². The van der Waals surface area contributed by atoms with Gasteiger partial charge in [0.05, 0.1) is 6.61 Å². The van der Waals surface area contributed by atoms with Gasteiger partial charge in [0.15, 0.2) is 0 Å². The second kappa shape index (κ2) is 6.59. The number of rotatable bonds is 7. The van der Waals surface area contributed by atoms with Gasteiger partial charge in [0, 0.05) is 31.9 Å². The molecule has 1 aromatic rings. The first-order chi connectivity index (χ1) is 9.83. The van der Waals surface area contributed by atoms with Crippen molar-refractivity contribution >= 4 is 5.69 Å². The van der Waals surface area contributed by atoms with E-state index >= 15 is 0 Å². The van der Waals surface area contributed by atoms with E-state index in [1.54, 1.807) is 0 Å². The maximum absolute atomic E-state index is 5.72. The molecule has 0 radical (unpaired) electrons. The van der Waals surface area contributed by atoms with Crippen LogP contribution in [0.25, 0.3) is 0 Å². The van der Waals surface area contributed by atoms with E-state index in [0.29, 0.717) is 0 Å². The molecule has 110 valence electrons. The molecule has 0 amide bonds. The highest BCUT2D eigenvalue weighted by atomic mass is 16.5. The summed E-state index contributed by atoms with van der Waals surface area (Å²) >= 11 is 0. The summed E-state index contributed by atoms with van der Waals surface area (Å²) < 4.78 is 5.72. The minimum absolute atomic E-state index is 0.861. The zero-order valence-electron chi connectivity index (χ0n) is 12.5. The first-order valence-corrected chi connectivity index (χ1v) is 7.94. The van der Waals surface area contributed by atoms with Crippen molar-refractivity contribution in [2.75, 3.05) is 38.7 Å². The molecule has 0 spiro atoms. The van der Waals surface area contributed by atoms with Gasteiger partial charge in [-0.2, -0.15) is 0 Å². The minimum Gasteiger partial charge on any atom is -0.385 e. The molecular weight excluding hydrogens is 248 g/mol. The number of likely N-dealkylation sites (N-methyl/N-ethyl adjacent to an activating group) is 1. The average molecular weight is 274 g/mol. The van der Waals surface area contributed by atoms with Crippen molar-refractivity contribution in [2.45, 2.75) is 32.2 Å². The van der Waals surface area contributed by atoms with E-state index < -0.39 is 0 Å². The summed E-state index contributed by atoms with van der Waals surface area (Å²) in [6, 6.07) is 6.65. The van der Waals surface area contributed by atoms with Crippen molar-refractivity contribution in [3.63, 3.8) is 0 Å². The van der Waals surface area contributed by atoms with Crippen LogP contribution in [0.4, 0.5) is 5.69 Å². The van der Waals surface area contributed by atoms with Crippen LogP contribution in [0.5, 0.6) is 0 Å². The second-order valence-electron chi connectivity index (χ2n) is 6.23. The molecule has 0 unspecified atom stereocenters. The Balaban J connectivity index is 1.48. The van der Waals surface area contributed by atoms with Gasteiger partial charge in [-0.1, -0.05) is 12.1 Å². The zero-order valence-corrected chi connectivity index (χ0v) is 12.5. The molecule has 1 heterocycles. The number of ether oxygens (including phenoxy) is 1. The number of hydrogen-bond donors (Lipinski definition) is 1. The highest BCUT2D eigenvalue weighted by molar-refractivity contribution is 5.56.